The average Bonchev–Trinajstić information content (AvgIpc) is 3.23. The first-order chi connectivity index (χ1) is 15.5. The fourth-order valence-electron chi connectivity index (χ4n) is 5.88. The highest BCUT2D eigenvalue weighted by Crippen LogP contribution is 2.55. The van der Waals surface area contributed by atoms with E-state index < -0.39 is 0 Å². The highest BCUT2D eigenvalue weighted by Gasteiger charge is 2.44. The summed E-state index contributed by atoms with van der Waals surface area (Å²) >= 11 is 0. The van der Waals surface area contributed by atoms with E-state index in [0.717, 1.165) is 47.3 Å². The molecule has 0 aliphatic heterocycles. The molecule has 0 unspecified atom stereocenters. The minimum atomic E-state index is -0.0454. The Labute approximate surface area is 190 Å². The van der Waals surface area contributed by atoms with Crippen LogP contribution in [0.25, 0.3) is 11.3 Å². The molecule has 0 atom stereocenters. The van der Waals surface area contributed by atoms with Crippen molar-refractivity contribution in [3.05, 3.63) is 29.6 Å². The molecular formula is C25H37N5O2. The second-order valence-corrected chi connectivity index (χ2v) is 9.65. The summed E-state index contributed by atoms with van der Waals surface area (Å²) in [4.78, 5) is 10.8. The van der Waals surface area contributed by atoms with Crippen LogP contribution in [0.5, 0.6) is 5.75 Å². The lowest BCUT2D eigenvalue weighted by Crippen LogP contribution is -2.33. The van der Waals surface area contributed by atoms with Gasteiger partial charge in [0.15, 0.2) is 0 Å². The van der Waals surface area contributed by atoms with Crippen LogP contribution in [-0.4, -0.2) is 46.4 Å². The lowest BCUT2D eigenvalue weighted by atomic mass is 9.67. The summed E-state index contributed by atoms with van der Waals surface area (Å²) in [5.41, 5.74) is 16.8. The molecule has 7 heteroatoms. The van der Waals surface area contributed by atoms with Crippen LogP contribution in [0.4, 0.5) is 11.5 Å². The Morgan fingerprint density at radius 3 is 2.44 bits per heavy atom. The van der Waals surface area contributed by atoms with Gasteiger partial charge in [0.25, 0.3) is 0 Å². The first-order valence-electron chi connectivity index (χ1n) is 12.0. The third-order valence-electron chi connectivity index (χ3n) is 7.47. The predicted octanol–water partition coefficient (Wildman–Crippen LogP) is 3.51. The van der Waals surface area contributed by atoms with Crippen LogP contribution in [0.1, 0.15) is 68.9 Å². The standard InChI is InChI=1S/C19H24N4O2.C6H13N/c1-23(8-9-24)17-13-10-19(6-2-3-7-19)15-16(21-11-22-18(15)20)12(13)4-5-14(17)25;7-6-4-2-1-3-5-6/h4-5,11,24-25H,2-3,6-10H2,1H3,(H2,20,21,22);6H,1-5,7H2. The molecule has 1 heterocycles. The van der Waals surface area contributed by atoms with Gasteiger partial charge in [-0.1, -0.05) is 32.1 Å². The highest BCUT2D eigenvalue weighted by atomic mass is 16.3. The van der Waals surface area contributed by atoms with Gasteiger partial charge in [-0.3, -0.25) is 0 Å². The first-order valence-corrected chi connectivity index (χ1v) is 12.0. The number of fused-ring (bicyclic) bond motifs is 4. The van der Waals surface area contributed by atoms with Crippen LogP contribution in [0.15, 0.2) is 18.5 Å². The molecule has 1 aromatic heterocycles. The van der Waals surface area contributed by atoms with Crippen molar-refractivity contribution in [1.29, 1.82) is 0 Å². The molecule has 3 aliphatic rings. The topological polar surface area (TPSA) is 122 Å². The Bertz CT molecular complexity index is 936. The number of hydrogen-bond acceptors (Lipinski definition) is 7. The highest BCUT2D eigenvalue weighted by molar-refractivity contribution is 5.83. The van der Waals surface area contributed by atoms with Crippen LogP contribution in [0.2, 0.25) is 0 Å². The smallest absolute Gasteiger partial charge is 0.139 e. The lowest BCUT2D eigenvalue weighted by molar-refractivity contribution is 0.303. The zero-order chi connectivity index (χ0) is 22.7. The van der Waals surface area contributed by atoms with Crippen molar-refractivity contribution >= 4 is 11.5 Å². The van der Waals surface area contributed by atoms with Crippen molar-refractivity contribution in [2.24, 2.45) is 5.73 Å². The summed E-state index contributed by atoms with van der Waals surface area (Å²) in [5.74, 6) is 0.823. The average molecular weight is 440 g/mol. The van der Waals surface area contributed by atoms with E-state index in [2.05, 4.69) is 9.97 Å². The van der Waals surface area contributed by atoms with Crippen molar-refractivity contribution in [3.63, 3.8) is 0 Å². The molecule has 7 nitrogen and oxygen atoms in total. The van der Waals surface area contributed by atoms with E-state index in [1.54, 1.807) is 6.07 Å². The minimum absolute atomic E-state index is 0.0382. The fraction of sp³-hybridized carbons (Fsp3) is 0.600. The monoisotopic (exact) mass is 439 g/mol. The maximum atomic E-state index is 10.5. The summed E-state index contributed by atoms with van der Waals surface area (Å²) in [6, 6.07) is 4.17. The molecule has 2 saturated carbocycles. The van der Waals surface area contributed by atoms with Gasteiger partial charge in [0, 0.05) is 36.2 Å². The number of rotatable bonds is 3. The van der Waals surface area contributed by atoms with E-state index in [0.29, 0.717) is 18.4 Å². The number of likely N-dealkylation sites (N-methyl/N-ethyl adjacent to an activating group) is 1. The third kappa shape index (κ3) is 4.28. The van der Waals surface area contributed by atoms with E-state index in [-0.39, 0.29) is 17.8 Å². The molecule has 2 fully saturated rings. The number of nitrogens with two attached hydrogens (primary N) is 2. The summed E-state index contributed by atoms with van der Waals surface area (Å²) in [6.45, 7) is 0.506. The van der Waals surface area contributed by atoms with E-state index in [9.17, 15) is 10.2 Å². The van der Waals surface area contributed by atoms with Gasteiger partial charge in [0.05, 0.1) is 18.0 Å². The number of phenolic OH excluding ortho intramolecular Hbond substituents is 1. The summed E-state index contributed by atoms with van der Waals surface area (Å²) < 4.78 is 0. The molecule has 0 amide bonds. The quantitative estimate of drug-likeness (QED) is 0.577. The predicted molar refractivity (Wildman–Crippen MR) is 129 cm³/mol. The van der Waals surface area contributed by atoms with Crippen LogP contribution in [-0.2, 0) is 11.8 Å². The Morgan fingerprint density at radius 1 is 1.09 bits per heavy atom. The fourth-order valence-corrected chi connectivity index (χ4v) is 5.88. The summed E-state index contributed by atoms with van der Waals surface area (Å²) in [5, 5.41) is 19.8. The normalized spacial score (nSPS) is 19.1. The maximum Gasteiger partial charge on any atom is 0.139 e. The second-order valence-electron chi connectivity index (χ2n) is 9.65. The van der Waals surface area contributed by atoms with Crippen molar-refractivity contribution in [2.75, 3.05) is 30.8 Å². The molecular weight excluding hydrogens is 402 g/mol. The number of aliphatic hydroxyl groups is 1. The van der Waals surface area contributed by atoms with Gasteiger partial charge in [-0.2, -0.15) is 0 Å². The van der Waals surface area contributed by atoms with E-state index in [4.69, 9.17) is 11.5 Å². The van der Waals surface area contributed by atoms with Gasteiger partial charge in [-0.05, 0) is 49.8 Å². The molecule has 0 radical (unpaired) electrons. The molecule has 5 rings (SSSR count). The Kier molecular flexibility index (Phi) is 6.86. The van der Waals surface area contributed by atoms with Crippen LogP contribution in [0, 0.1) is 0 Å². The van der Waals surface area contributed by atoms with Crippen LogP contribution >= 0.6 is 0 Å². The largest absolute Gasteiger partial charge is 0.506 e. The Morgan fingerprint density at radius 2 is 1.81 bits per heavy atom. The van der Waals surface area contributed by atoms with E-state index in [1.165, 1.54) is 51.3 Å². The number of phenols is 1. The number of anilines is 2. The molecule has 3 aliphatic carbocycles. The summed E-state index contributed by atoms with van der Waals surface area (Å²) in [6.07, 6.45) is 13.5. The molecule has 1 aromatic carbocycles. The molecule has 1 spiro atoms. The molecule has 0 saturated heterocycles. The van der Waals surface area contributed by atoms with E-state index >= 15 is 0 Å². The number of aromatic hydroxyl groups is 1. The zero-order valence-electron chi connectivity index (χ0n) is 19.2. The van der Waals surface area contributed by atoms with Gasteiger partial charge >= 0.3 is 0 Å². The SMILES string of the molecule is CN(CCO)c1c(O)ccc2c1CC1(CCCC1)c1c(N)ncnc1-2.NC1CCCCC1. The Hall–Kier alpha value is -2.38. The van der Waals surface area contributed by atoms with E-state index in [1.807, 2.05) is 18.0 Å². The first kappa shape index (κ1) is 22.8. The van der Waals surface area contributed by atoms with Crippen molar-refractivity contribution in [3.8, 4) is 17.0 Å². The van der Waals surface area contributed by atoms with Gasteiger partial charge in [-0.25, -0.2) is 9.97 Å². The van der Waals surface area contributed by atoms with Gasteiger partial charge in [0.2, 0.25) is 0 Å². The number of aliphatic hydroxyl groups excluding tert-OH is 1. The number of nitrogens with zero attached hydrogens (tertiary/aromatic N) is 3. The molecule has 0 bridgehead atoms. The van der Waals surface area contributed by atoms with Gasteiger partial charge in [0.1, 0.15) is 17.9 Å². The van der Waals surface area contributed by atoms with Crippen LogP contribution in [0.3, 0.4) is 0 Å². The number of hydrogen-bond donors (Lipinski definition) is 4. The third-order valence-corrected chi connectivity index (χ3v) is 7.47. The molecule has 6 N–H and O–H groups in total. The number of benzene rings is 1. The van der Waals surface area contributed by atoms with Crippen molar-refractivity contribution in [1.82, 2.24) is 9.97 Å². The minimum Gasteiger partial charge on any atom is -0.506 e. The van der Waals surface area contributed by atoms with Gasteiger partial charge < -0.3 is 26.6 Å². The maximum absolute atomic E-state index is 10.5. The van der Waals surface area contributed by atoms with Gasteiger partial charge in [-0.15, -0.1) is 0 Å². The molecule has 32 heavy (non-hydrogen) atoms. The second kappa shape index (κ2) is 9.63. The van der Waals surface area contributed by atoms with Crippen molar-refractivity contribution in [2.45, 2.75) is 75.7 Å². The molecule has 174 valence electrons. The lowest BCUT2D eigenvalue weighted by Gasteiger charge is -2.38. The zero-order valence-corrected chi connectivity index (χ0v) is 19.2. The molecule has 2 aromatic rings. The van der Waals surface area contributed by atoms with Crippen LogP contribution < -0.4 is 16.4 Å². The summed E-state index contributed by atoms with van der Waals surface area (Å²) in [7, 11) is 1.90. The van der Waals surface area contributed by atoms with Crippen molar-refractivity contribution < 1.29 is 10.2 Å². The number of aromatic nitrogens is 2. The number of nitrogen functional groups attached to an aromatic ring is 1. The Balaban J connectivity index is 0.000000300.